The van der Waals surface area contributed by atoms with Crippen LogP contribution in [-0.2, 0) is 6.54 Å². The van der Waals surface area contributed by atoms with Crippen molar-refractivity contribution in [3.63, 3.8) is 0 Å². The van der Waals surface area contributed by atoms with Crippen molar-refractivity contribution >= 4 is 0 Å². The number of benzene rings is 1. The molecule has 4 heteroatoms. The van der Waals surface area contributed by atoms with Gasteiger partial charge in [-0.3, -0.25) is 0 Å². The lowest BCUT2D eigenvalue weighted by Gasteiger charge is -2.12. The number of rotatable bonds is 4. The maximum absolute atomic E-state index is 5.64. The zero-order valence-electron chi connectivity index (χ0n) is 10.5. The average Bonchev–Trinajstić information content (AvgIpc) is 2.97. The summed E-state index contributed by atoms with van der Waals surface area (Å²) < 4.78 is 7.79. The molecular weight excluding hydrogens is 226 g/mol. The maximum Gasteiger partial charge on any atom is 0.124 e. The molecule has 1 atom stereocenters. The third-order valence-electron chi connectivity index (χ3n) is 3.37. The first kappa shape index (κ1) is 11.3. The molecule has 1 aliphatic rings. The van der Waals surface area contributed by atoms with Gasteiger partial charge in [0.1, 0.15) is 18.2 Å². The van der Waals surface area contributed by atoms with E-state index in [0.717, 1.165) is 31.3 Å². The van der Waals surface area contributed by atoms with Crippen molar-refractivity contribution < 1.29 is 4.74 Å². The summed E-state index contributed by atoms with van der Waals surface area (Å²) in [5, 5.41) is 3.53. The van der Waals surface area contributed by atoms with Crippen LogP contribution in [0.5, 0.6) is 5.75 Å². The van der Waals surface area contributed by atoms with Crippen molar-refractivity contribution in [3.8, 4) is 5.75 Å². The number of ether oxygens (including phenoxy) is 1. The highest BCUT2D eigenvalue weighted by atomic mass is 16.5. The Morgan fingerprint density at radius 2 is 2.33 bits per heavy atom. The molecule has 0 bridgehead atoms. The first-order valence-electron chi connectivity index (χ1n) is 6.27. The number of para-hydroxylation sites is 1. The molecule has 4 nitrogen and oxygen atoms in total. The molecule has 2 heterocycles. The SMILES string of the molecule is Cc1nccn1CCNC1COc2ccccc21. The monoisotopic (exact) mass is 243 g/mol. The molecule has 18 heavy (non-hydrogen) atoms. The average molecular weight is 243 g/mol. The molecule has 0 aliphatic carbocycles. The van der Waals surface area contributed by atoms with Crippen LogP contribution in [0.2, 0.25) is 0 Å². The number of aromatic nitrogens is 2. The molecular formula is C14H17N3O. The van der Waals surface area contributed by atoms with E-state index >= 15 is 0 Å². The van der Waals surface area contributed by atoms with Crippen molar-refractivity contribution in [2.24, 2.45) is 0 Å². The summed E-state index contributed by atoms with van der Waals surface area (Å²) in [5.41, 5.74) is 1.26. The summed E-state index contributed by atoms with van der Waals surface area (Å²) in [4.78, 5) is 4.21. The number of fused-ring (bicyclic) bond motifs is 1. The third-order valence-corrected chi connectivity index (χ3v) is 3.37. The van der Waals surface area contributed by atoms with Crippen LogP contribution < -0.4 is 10.1 Å². The Balaban J connectivity index is 1.58. The summed E-state index contributed by atoms with van der Waals surface area (Å²) >= 11 is 0. The largest absolute Gasteiger partial charge is 0.491 e. The Morgan fingerprint density at radius 3 is 3.17 bits per heavy atom. The molecule has 0 saturated heterocycles. The number of nitrogens with one attached hydrogen (secondary N) is 1. The smallest absolute Gasteiger partial charge is 0.124 e. The molecule has 94 valence electrons. The highest BCUT2D eigenvalue weighted by Crippen LogP contribution is 2.31. The minimum atomic E-state index is 0.310. The van der Waals surface area contributed by atoms with E-state index in [1.54, 1.807) is 0 Å². The molecule has 0 spiro atoms. The van der Waals surface area contributed by atoms with Gasteiger partial charge in [0.25, 0.3) is 0 Å². The highest BCUT2D eigenvalue weighted by Gasteiger charge is 2.22. The van der Waals surface area contributed by atoms with Gasteiger partial charge in [-0.05, 0) is 13.0 Å². The quantitative estimate of drug-likeness (QED) is 0.891. The Labute approximate surface area is 107 Å². The van der Waals surface area contributed by atoms with Crippen molar-refractivity contribution in [2.75, 3.05) is 13.2 Å². The van der Waals surface area contributed by atoms with Gasteiger partial charge < -0.3 is 14.6 Å². The molecule has 0 radical (unpaired) electrons. The van der Waals surface area contributed by atoms with E-state index in [2.05, 4.69) is 27.0 Å². The van der Waals surface area contributed by atoms with Crippen LogP contribution in [0.15, 0.2) is 36.7 Å². The van der Waals surface area contributed by atoms with Crippen molar-refractivity contribution in [1.82, 2.24) is 14.9 Å². The summed E-state index contributed by atoms with van der Waals surface area (Å²) in [5.74, 6) is 2.06. The number of hydrogen-bond acceptors (Lipinski definition) is 3. The van der Waals surface area contributed by atoms with Crippen LogP contribution in [0, 0.1) is 6.92 Å². The van der Waals surface area contributed by atoms with E-state index in [1.165, 1.54) is 5.56 Å². The second-order valence-corrected chi connectivity index (χ2v) is 4.52. The van der Waals surface area contributed by atoms with Gasteiger partial charge in [0.2, 0.25) is 0 Å². The van der Waals surface area contributed by atoms with Gasteiger partial charge in [0.15, 0.2) is 0 Å². The van der Waals surface area contributed by atoms with E-state index in [9.17, 15) is 0 Å². The van der Waals surface area contributed by atoms with Crippen LogP contribution in [-0.4, -0.2) is 22.7 Å². The van der Waals surface area contributed by atoms with Gasteiger partial charge in [-0.25, -0.2) is 4.98 Å². The van der Waals surface area contributed by atoms with E-state index in [4.69, 9.17) is 4.74 Å². The molecule has 3 rings (SSSR count). The topological polar surface area (TPSA) is 39.1 Å². The minimum absolute atomic E-state index is 0.310. The van der Waals surface area contributed by atoms with E-state index in [-0.39, 0.29) is 0 Å². The Kier molecular flexibility index (Phi) is 3.02. The zero-order chi connectivity index (χ0) is 12.4. The number of aryl methyl sites for hydroxylation is 1. The van der Waals surface area contributed by atoms with Gasteiger partial charge >= 0.3 is 0 Å². The number of hydrogen-bond donors (Lipinski definition) is 1. The first-order chi connectivity index (χ1) is 8.84. The fraction of sp³-hybridized carbons (Fsp3) is 0.357. The summed E-state index contributed by atoms with van der Waals surface area (Å²) in [6.45, 7) is 4.60. The second kappa shape index (κ2) is 4.82. The number of imidazole rings is 1. The number of nitrogens with zero attached hydrogens (tertiary/aromatic N) is 2. The standard InChI is InChI=1S/C14H17N3O/c1-11-15-6-8-17(11)9-7-16-13-10-18-14-5-3-2-4-12(13)14/h2-6,8,13,16H,7,9-10H2,1H3. The van der Waals surface area contributed by atoms with Crippen LogP contribution in [0.1, 0.15) is 17.4 Å². The van der Waals surface area contributed by atoms with E-state index < -0.39 is 0 Å². The van der Waals surface area contributed by atoms with Gasteiger partial charge in [-0.2, -0.15) is 0 Å². The second-order valence-electron chi connectivity index (χ2n) is 4.52. The van der Waals surface area contributed by atoms with Gasteiger partial charge in [0.05, 0.1) is 6.04 Å². The highest BCUT2D eigenvalue weighted by molar-refractivity contribution is 5.39. The van der Waals surface area contributed by atoms with Gasteiger partial charge in [-0.1, -0.05) is 18.2 Å². The summed E-state index contributed by atoms with van der Waals surface area (Å²) in [6, 6.07) is 8.53. The van der Waals surface area contributed by atoms with Crippen molar-refractivity contribution in [3.05, 3.63) is 48.0 Å². The summed E-state index contributed by atoms with van der Waals surface area (Å²) in [7, 11) is 0. The molecule has 1 aromatic carbocycles. The maximum atomic E-state index is 5.64. The first-order valence-corrected chi connectivity index (χ1v) is 6.27. The van der Waals surface area contributed by atoms with Crippen LogP contribution >= 0.6 is 0 Å². The fourth-order valence-corrected chi connectivity index (χ4v) is 2.33. The normalized spacial score (nSPS) is 17.5. The minimum Gasteiger partial charge on any atom is -0.491 e. The predicted molar refractivity (Wildman–Crippen MR) is 69.6 cm³/mol. The lowest BCUT2D eigenvalue weighted by molar-refractivity contribution is 0.309. The molecule has 0 saturated carbocycles. The molecule has 0 amide bonds. The van der Waals surface area contributed by atoms with Crippen molar-refractivity contribution in [1.29, 1.82) is 0 Å². The van der Waals surface area contributed by atoms with Crippen LogP contribution in [0.4, 0.5) is 0 Å². The Bertz CT molecular complexity index is 535. The molecule has 1 aliphatic heterocycles. The Morgan fingerprint density at radius 1 is 1.44 bits per heavy atom. The lowest BCUT2D eigenvalue weighted by Crippen LogP contribution is -2.26. The van der Waals surface area contributed by atoms with Gasteiger partial charge in [0, 0.05) is 31.0 Å². The van der Waals surface area contributed by atoms with Crippen molar-refractivity contribution in [2.45, 2.75) is 19.5 Å². The molecule has 0 fully saturated rings. The van der Waals surface area contributed by atoms with Crippen LogP contribution in [0.25, 0.3) is 0 Å². The summed E-state index contributed by atoms with van der Waals surface area (Å²) in [6.07, 6.45) is 3.85. The fourth-order valence-electron chi connectivity index (χ4n) is 2.33. The third kappa shape index (κ3) is 2.11. The molecule has 2 aromatic rings. The molecule has 1 N–H and O–H groups in total. The van der Waals surface area contributed by atoms with Crippen LogP contribution in [0.3, 0.4) is 0 Å². The Hall–Kier alpha value is -1.81. The predicted octanol–water partition coefficient (Wildman–Crippen LogP) is 1.91. The molecule has 1 aromatic heterocycles. The van der Waals surface area contributed by atoms with E-state index in [1.807, 2.05) is 31.5 Å². The zero-order valence-corrected chi connectivity index (χ0v) is 10.5. The lowest BCUT2D eigenvalue weighted by atomic mass is 10.1. The molecule has 1 unspecified atom stereocenters. The van der Waals surface area contributed by atoms with E-state index in [0.29, 0.717) is 6.04 Å². The van der Waals surface area contributed by atoms with Gasteiger partial charge in [-0.15, -0.1) is 0 Å².